The lowest BCUT2D eigenvalue weighted by molar-refractivity contribution is -0.165. The lowest BCUT2D eigenvalue weighted by Crippen LogP contribution is -2.42. The number of hydrogen-bond acceptors (Lipinski definition) is 4. The summed E-state index contributed by atoms with van der Waals surface area (Å²) < 4.78 is 4.48. The molecule has 0 spiro atoms. The fraction of sp³-hybridized carbons (Fsp3) is 0.857. The standard InChI is InChI=1S/C7H14O4/c1-4-11-6(9)5(8)7(2,3)10/h5,8,10H,4H2,1-3H3. The molecule has 0 fully saturated rings. The molecule has 2 N–H and O–H groups in total. The number of carbonyl (C=O) groups excluding carboxylic acids is 1. The Labute approximate surface area is 65.8 Å². The topological polar surface area (TPSA) is 66.8 Å². The molecule has 0 saturated heterocycles. The number of ether oxygens (including phenoxy) is 1. The van der Waals surface area contributed by atoms with Crippen LogP contribution in [0.5, 0.6) is 0 Å². The highest BCUT2D eigenvalue weighted by molar-refractivity contribution is 5.75. The summed E-state index contributed by atoms with van der Waals surface area (Å²) in [5.41, 5.74) is -1.44. The number of hydrogen-bond donors (Lipinski definition) is 2. The summed E-state index contributed by atoms with van der Waals surface area (Å²) >= 11 is 0. The van der Waals surface area contributed by atoms with Gasteiger partial charge >= 0.3 is 5.97 Å². The zero-order valence-electron chi connectivity index (χ0n) is 7.00. The molecule has 4 nitrogen and oxygen atoms in total. The van der Waals surface area contributed by atoms with Crippen LogP contribution in [0.2, 0.25) is 0 Å². The Morgan fingerprint density at radius 2 is 2.09 bits per heavy atom. The number of rotatable bonds is 3. The van der Waals surface area contributed by atoms with Gasteiger partial charge in [0.15, 0.2) is 6.10 Å². The van der Waals surface area contributed by atoms with Crippen LogP contribution in [0.25, 0.3) is 0 Å². The fourth-order valence-electron chi connectivity index (χ4n) is 0.510. The molecule has 0 amide bonds. The third-order valence-electron chi connectivity index (χ3n) is 1.18. The summed E-state index contributed by atoms with van der Waals surface area (Å²) in [6.45, 7) is 4.52. The zero-order valence-corrected chi connectivity index (χ0v) is 7.00. The third-order valence-corrected chi connectivity index (χ3v) is 1.18. The molecule has 0 bridgehead atoms. The largest absolute Gasteiger partial charge is 0.464 e. The molecular weight excluding hydrogens is 148 g/mol. The second-order valence-electron chi connectivity index (χ2n) is 2.81. The van der Waals surface area contributed by atoms with Crippen LogP contribution in [-0.2, 0) is 9.53 Å². The van der Waals surface area contributed by atoms with Crippen LogP contribution in [0.3, 0.4) is 0 Å². The highest BCUT2D eigenvalue weighted by atomic mass is 16.5. The summed E-state index contributed by atoms with van der Waals surface area (Å²) in [5, 5.41) is 18.2. The van der Waals surface area contributed by atoms with Crippen molar-refractivity contribution in [2.24, 2.45) is 0 Å². The van der Waals surface area contributed by atoms with Crippen molar-refractivity contribution in [3.8, 4) is 0 Å². The van der Waals surface area contributed by atoms with E-state index in [1.54, 1.807) is 6.92 Å². The summed E-state index contributed by atoms with van der Waals surface area (Å²) in [4.78, 5) is 10.8. The van der Waals surface area contributed by atoms with Gasteiger partial charge in [-0.15, -0.1) is 0 Å². The first-order valence-corrected chi connectivity index (χ1v) is 3.46. The summed E-state index contributed by atoms with van der Waals surface area (Å²) in [5.74, 6) is -0.792. The summed E-state index contributed by atoms with van der Waals surface area (Å²) in [6, 6.07) is 0. The molecule has 66 valence electrons. The Morgan fingerprint density at radius 3 is 2.36 bits per heavy atom. The molecule has 0 radical (unpaired) electrons. The van der Waals surface area contributed by atoms with E-state index in [0.29, 0.717) is 0 Å². The molecule has 0 aromatic heterocycles. The Kier molecular flexibility index (Phi) is 3.48. The van der Waals surface area contributed by atoms with E-state index >= 15 is 0 Å². The molecule has 1 atom stereocenters. The van der Waals surface area contributed by atoms with Gasteiger partial charge in [-0.1, -0.05) is 0 Å². The lowest BCUT2D eigenvalue weighted by atomic mass is 10.0. The average Bonchev–Trinajstić information content (AvgIpc) is 1.85. The van der Waals surface area contributed by atoms with Crippen molar-refractivity contribution in [1.29, 1.82) is 0 Å². The van der Waals surface area contributed by atoms with Crippen LogP contribution in [0.4, 0.5) is 0 Å². The fourth-order valence-corrected chi connectivity index (χ4v) is 0.510. The van der Waals surface area contributed by atoms with E-state index in [2.05, 4.69) is 4.74 Å². The van der Waals surface area contributed by atoms with Crippen LogP contribution in [0.15, 0.2) is 0 Å². The molecule has 11 heavy (non-hydrogen) atoms. The first-order chi connectivity index (χ1) is 4.89. The molecular formula is C7H14O4. The minimum absolute atomic E-state index is 0.200. The maximum absolute atomic E-state index is 10.8. The van der Waals surface area contributed by atoms with Gasteiger partial charge < -0.3 is 14.9 Å². The van der Waals surface area contributed by atoms with Crippen molar-refractivity contribution < 1.29 is 19.7 Å². The van der Waals surface area contributed by atoms with E-state index in [-0.39, 0.29) is 6.61 Å². The van der Waals surface area contributed by atoms with Crippen molar-refractivity contribution in [1.82, 2.24) is 0 Å². The highest BCUT2D eigenvalue weighted by Gasteiger charge is 2.32. The van der Waals surface area contributed by atoms with E-state index in [4.69, 9.17) is 10.2 Å². The molecule has 0 aliphatic rings. The molecule has 0 aromatic carbocycles. The Balaban J connectivity index is 4.03. The van der Waals surface area contributed by atoms with Gasteiger partial charge in [-0.05, 0) is 20.8 Å². The predicted octanol–water partition coefficient (Wildman–Crippen LogP) is -0.319. The SMILES string of the molecule is CCOC(=O)C(O)C(C)(C)O. The van der Waals surface area contributed by atoms with Crippen molar-refractivity contribution >= 4 is 5.97 Å². The van der Waals surface area contributed by atoms with Gasteiger partial charge in [-0.25, -0.2) is 4.79 Å². The van der Waals surface area contributed by atoms with E-state index in [9.17, 15) is 4.79 Å². The van der Waals surface area contributed by atoms with E-state index in [1.807, 2.05) is 0 Å². The number of aliphatic hydroxyl groups excluding tert-OH is 1. The van der Waals surface area contributed by atoms with Gasteiger partial charge in [0.1, 0.15) is 0 Å². The number of esters is 1. The van der Waals surface area contributed by atoms with Crippen LogP contribution in [0.1, 0.15) is 20.8 Å². The van der Waals surface area contributed by atoms with E-state index < -0.39 is 17.7 Å². The number of aliphatic hydroxyl groups is 2. The van der Waals surface area contributed by atoms with Crippen molar-refractivity contribution in [3.63, 3.8) is 0 Å². The Morgan fingerprint density at radius 1 is 1.64 bits per heavy atom. The Bertz CT molecular complexity index is 136. The van der Waals surface area contributed by atoms with Gasteiger partial charge in [0, 0.05) is 0 Å². The van der Waals surface area contributed by atoms with Crippen molar-refractivity contribution in [2.75, 3.05) is 6.61 Å². The predicted molar refractivity (Wildman–Crippen MR) is 38.9 cm³/mol. The molecule has 4 heteroatoms. The molecule has 1 unspecified atom stereocenters. The minimum Gasteiger partial charge on any atom is -0.464 e. The van der Waals surface area contributed by atoms with Crippen LogP contribution in [0, 0.1) is 0 Å². The molecule has 0 rings (SSSR count). The van der Waals surface area contributed by atoms with E-state index in [1.165, 1.54) is 13.8 Å². The first kappa shape index (κ1) is 10.4. The molecule has 0 aliphatic carbocycles. The average molecular weight is 162 g/mol. The summed E-state index contributed by atoms with van der Waals surface area (Å²) in [7, 11) is 0. The molecule has 0 saturated carbocycles. The van der Waals surface area contributed by atoms with E-state index in [0.717, 1.165) is 0 Å². The highest BCUT2D eigenvalue weighted by Crippen LogP contribution is 2.09. The van der Waals surface area contributed by atoms with Crippen LogP contribution >= 0.6 is 0 Å². The number of carbonyl (C=O) groups is 1. The summed E-state index contributed by atoms with van der Waals surface area (Å²) in [6.07, 6.45) is -1.47. The third kappa shape index (κ3) is 3.34. The van der Waals surface area contributed by atoms with Crippen LogP contribution in [-0.4, -0.2) is 34.5 Å². The van der Waals surface area contributed by atoms with Gasteiger partial charge in [-0.3, -0.25) is 0 Å². The second kappa shape index (κ2) is 3.69. The Hall–Kier alpha value is -0.610. The van der Waals surface area contributed by atoms with Crippen molar-refractivity contribution in [2.45, 2.75) is 32.5 Å². The van der Waals surface area contributed by atoms with Gasteiger partial charge in [0.2, 0.25) is 0 Å². The van der Waals surface area contributed by atoms with Gasteiger partial charge in [0.25, 0.3) is 0 Å². The molecule has 0 heterocycles. The maximum atomic E-state index is 10.8. The first-order valence-electron chi connectivity index (χ1n) is 3.46. The molecule has 0 aromatic rings. The molecule has 0 aliphatic heterocycles. The quantitative estimate of drug-likeness (QED) is 0.558. The normalized spacial score (nSPS) is 14.3. The van der Waals surface area contributed by atoms with Gasteiger partial charge in [-0.2, -0.15) is 0 Å². The van der Waals surface area contributed by atoms with Crippen molar-refractivity contribution in [3.05, 3.63) is 0 Å². The zero-order chi connectivity index (χ0) is 9.07. The van der Waals surface area contributed by atoms with Gasteiger partial charge in [0.05, 0.1) is 12.2 Å². The second-order valence-corrected chi connectivity index (χ2v) is 2.81. The van der Waals surface area contributed by atoms with Crippen LogP contribution < -0.4 is 0 Å². The monoisotopic (exact) mass is 162 g/mol. The smallest absolute Gasteiger partial charge is 0.337 e. The minimum atomic E-state index is -1.47. The lowest BCUT2D eigenvalue weighted by Gasteiger charge is -2.22. The maximum Gasteiger partial charge on any atom is 0.337 e.